The smallest absolute Gasteiger partial charge is 0.164 e. The van der Waals surface area contributed by atoms with E-state index in [2.05, 4.69) is 103 Å². The fourth-order valence-electron chi connectivity index (χ4n) is 7.83. The Labute approximate surface area is 346 Å². The van der Waals surface area contributed by atoms with Crippen LogP contribution in [0.15, 0.2) is 212 Å². The Balaban J connectivity index is 1.06. The number of rotatable bonds is 6. The van der Waals surface area contributed by atoms with Gasteiger partial charge >= 0.3 is 0 Å². The molecule has 0 spiro atoms. The Bertz CT molecular complexity index is 3750. The molecule has 0 bridgehead atoms. The maximum atomic E-state index is 9.15. The number of hydrogen-bond donors (Lipinski definition) is 0. The molecule has 0 fully saturated rings. The molecule has 0 aliphatic rings. The lowest BCUT2D eigenvalue weighted by Crippen LogP contribution is -2.00. The van der Waals surface area contributed by atoms with Crippen LogP contribution in [-0.2, 0) is 0 Å². The van der Waals surface area contributed by atoms with Crippen molar-refractivity contribution in [3.8, 4) is 67.5 Å². The third-order valence-corrected chi connectivity index (χ3v) is 10.8. The first-order valence-electron chi connectivity index (χ1n) is 22.6. The van der Waals surface area contributed by atoms with Crippen molar-refractivity contribution in [3.63, 3.8) is 0 Å². The van der Waals surface area contributed by atoms with E-state index in [0.29, 0.717) is 11.1 Å². The SMILES string of the molecule is [2H]c1c([2H])c([2H])c2c(-c3nc(-c4cccc(-c5ccc6cc(-c7cccc8ccccc78)ccc6c5)c4)nc(-c4ccc5cc(-c6ccccc6)ccc5c4)n3)c([2H])c([2H])c([2H])c2c1[2H]. The summed E-state index contributed by atoms with van der Waals surface area (Å²) < 4.78 is 61.2. The van der Waals surface area contributed by atoms with Crippen LogP contribution < -0.4 is 0 Å². The van der Waals surface area contributed by atoms with E-state index in [4.69, 9.17) is 24.5 Å². The summed E-state index contributed by atoms with van der Waals surface area (Å²) in [5.74, 6) is 0.491. The Hall–Kier alpha value is -7.75. The number of hydrogen-bond acceptors (Lipinski definition) is 3. The molecule has 0 N–H and O–H groups in total. The number of fused-ring (bicyclic) bond motifs is 4. The van der Waals surface area contributed by atoms with E-state index in [1.807, 2.05) is 66.7 Å². The maximum Gasteiger partial charge on any atom is 0.164 e. The highest BCUT2D eigenvalue weighted by Gasteiger charge is 2.16. The van der Waals surface area contributed by atoms with Crippen LogP contribution in [0.25, 0.3) is 111 Å². The van der Waals surface area contributed by atoms with Crippen LogP contribution in [0.4, 0.5) is 0 Å². The van der Waals surface area contributed by atoms with Gasteiger partial charge in [-0.05, 0) is 107 Å². The Morgan fingerprint density at radius 2 is 0.793 bits per heavy atom. The number of aromatic nitrogens is 3. The van der Waals surface area contributed by atoms with Crippen LogP contribution in [0.3, 0.4) is 0 Å². The topological polar surface area (TPSA) is 38.7 Å². The van der Waals surface area contributed by atoms with Gasteiger partial charge in [-0.3, -0.25) is 0 Å². The summed E-state index contributed by atoms with van der Waals surface area (Å²) in [5, 5.41) is 6.29. The summed E-state index contributed by atoms with van der Waals surface area (Å²) in [4.78, 5) is 14.8. The van der Waals surface area contributed by atoms with E-state index >= 15 is 0 Å². The fraction of sp³-hybridized carbons (Fsp3) is 0. The summed E-state index contributed by atoms with van der Waals surface area (Å²) in [6.45, 7) is 0. The summed E-state index contributed by atoms with van der Waals surface area (Å²) in [6, 6.07) is 54.5. The molecule has 11 rings (SSSR count). The van der Waals surface area contributed by atoms with Gasteiger partial charge in [0.05, 0.1) is 9.60 Å². The second kappa shape index (κ2) is 14.1. The molecular formula is C55H35N3. The molecule has 0 saturated carbocycles. The third kappa shape index (κ3) is 6.16. The predicted molar refractivity (Wildman–Crippen MR) is 242 cm³/mol. The van der Waals surface area contributed by atoms with E-state index in [1.54, 1.807) is 0 Å². The molecular weight excluding hydrogens is 703 g/mol. The zero-order chi connectivity index (χ0) is 44.5. The second-order valence-electron chi connectivity index (χ2n) is 14.3. The molecule has 0 amide bonds. The minimum atomic E-state index is -0.529. The third-order valence-electron chi connectivity index (χ3n) is 10.8. The first kappa shape index (κ1) is 27.0. The highest BCUT2D eigenvalue weighted by atomic mass is 15.0. The lowest BCUT2D eigenvalue weighted by atomic mass is 9.94. The highest BCUT2D eigenvalue weighted by molar-refractivity contribution is 6.00. The standard InChI is InChI=1S/C55H35N3/c1-2-11-36(12-3-1)40-23-24-45-35-48(30-28-43(45)31-40)54-56-53(57-55(58-54)52-22-10-16-38-14-5-7-20-50(38)52)47-18-8-17-39(34-47)41-25-26-44-33-46(29-27-42(44)32-41)51-21-9-15-37-13-4-6-19-49(37)51/h1-35H/i5D,7D,10D,14D,16D,20D,22D. The normalized spacial score (nSPS) is 13.1. The van der Waals surface area contributed by atoms with Crippen molar-refractivity contribution >= 4 is 43.1 Å². The molecule has 3 nitrogen and oxygen atoms in total. The van der Waals surface area contributed by atoms with Crippen LogP contribution >= 0.6 is 0 Å². The van der Waals surface area contributed by atoms with Crippen LogP contribution in [0, 0.1) is 0 Å². The first-order chi connectivity index (χ1) is 31.6. The van der Waals surface area contributed by atoms with Gasteiger partial charge in [0.2, 0.25) is 0 Å². The predicted octanol–water partition coefficient (Wildman–Crippen LogP) is 14.5. The molecule has 1 aromatic heterocycles. The zero-order valence-electron chi connectivity index (χ0n) is 38.0. The minimum absolute atomic E-state index is 0.0452. The quantitative estimate of drug-likeness (QED) is 0.170. The fourth-order valence-corrected chi connectivity index (χ4v) is 7.83. The molecule has 1 heterocycles. The summed E-state index contributed by atoms with van der Waals surface area (Å²) in [7, 11) is 0. The number of nitrogens with zero attached hydrogens (tertiary/aromatic N) is 3. The van der Waals surface area contributed by atoms with Crippen LogP contribution in [0.5, 0.6) is 0 Å². The van der Waals surface area contributed by atoms with Gasteiger partial charge in [0.15, 0.2) is 17.5 Å². The van der Waals surface area contributed by atoms with Crippen molar-refractivity contribution in [2.24, 2.45) is 0 Å². The lowest BCUT2D eigenvalue weighted by Gasteiger charge is -2.12. The summed E-state index contributed by atoms with van der Waals surface area (Å²) in [5.41, 5.74) is 7.64. The lowest BCUT2D eigenvalue weighted by molar-refractivity contribution is 1.08. The van der Waals surface area contributed by atoms with Gasteiger partial charge < -0.3 is 0 Å². The average molecular weight is 745 g/mol. The first-order valence-corrected chi connectivity index (χ1v) is 19.1. The van der Waals surface area contributed by atoms with E-state index in [-0.39, 0.29) is 33.8 Å². The Morgan fingerprint density at radius 3 is 1.59 bits per heavy atom. The van der Waals surface area contributed by atoms with Crippen LogP contribution in [-0.4, -0.2) is 15.0 Å². The van der Waals surface area contributed by atoms with Gasteiger partial charge in [-0.25, -0.2) is 15.0 Å². The van der Waals surface area contributed by atoms with E-state index in [9.17, 15) is 0 Å². The summed E-state index contributed by atoms with van der Waals surface area (Å²) >= 11 is 0. The second-order valence-corrected chi connectivity index (χ2v) is 14.3. The van der Waals surface area contributed by atoms with Crippen LogP contribution in [0.2, 0.25) is 0 Å². The molecule has 10 aromatic carbocycles. The van der Waals surface area contributed by atoms with Gasteiger partial charge in [-0.15, -0.1) is 0 Å². The van der Waals surface area contributed by atoms with Gasteiger partial charge in [-0.2, -0.15) is 0 Å². The summed E-state index contributed by atoms with van der Waals surface area (Å²) in [6.07, 6.45) is 0. The number of benzene rings is 10. The van der Waals surface area contributed by atoms with Gasteiger partial charge in [0, 0.05) is 16.7 Å². The molecule has 3 heteroatoms. The molecule has 0 unspecified atom stereocenters. The monoisotopic (exact) mass is 744 g/mol. The molecule has 0 aliphatic heterocycles. The van der Waals surface area contributed by atoms with Crippen LogP contribution in [0.1, 0.15) is 9.60 Å². The van der Waals surface area contributed by atoms with Crippen molar-refractivity contribution in [1.29, 1.82) is 0 Å². The van der Waals surface area contributed by atoms with Crippen molar-refractivity contribution in [1.82, 2.24) is 15.0 Å². The van der Waals surface area contributed by atoms with Gasteiger partial charge in [-0.1, -0.05) is 182 Å². The Kier molecular flexibility index (Phi) is 6.54. The maximum absolute atomic E-state index is 9.15. The highest BCUT2D eigenvalue weighted by Crippen LogP contribution is 2.35. The van der Waals surface area contributed by atoms with E-state index in [1.165, 1.54) is 16.3 Å². The van der Waals surface area contributed by atoms with Gasteiger partial charge in [0.25, 0.3) is 0 Å². The largest absolute Gasteiger partial charge is 0.208 e. The molecule has 58 heavy (non-hydrogen) atoms. The van der Waals surface area contributed by atoms with Crippen molar-refractivity contribution in [2.75, 3.05) is 0 Å². The molecule has 0 aliphatic carbocycles. The molecule has 270 valence electrons. The molecule has 0 saturated heterocycles. The van der Waals surface area contributed by atoms with Crippen molar-refractivity contribution < 1.29 is 9.60 Å². The van der Waals surface area contributed by atoms with Crippen molar-refractivity contribution in [2.45, 2.75) is 0 Å². The Morgan fingerprint density at radius 1 is 0.276 bits per heavy atom. The molecule has 0 atom stereocenters. The van der Waals surface area contributed by atoms with E-state index < -0.39 is 42.3 Å². The minimum Gasteiger partial charge on any atom is -0.208 e. The van der Waals surface area contributed by atoms with Gasteiger partial charge in [0.1, 0.15) is 0 Å². The van der Waals surface area contributed by atoms with E-state index in [0.717, 1.165) is 49.4 Å². The van der Waals surface area contributed by atoms with Crippen molar-refractivity contribution in [3.05, 3.63) is 212 Å². The molecule has 11 aromatic rings. The zero-order valence-corrected chi connectivity index (χ0v) is 31.0. The average Bonchev–Trinajstić information content (AvgIpc) is 3.36. The molecule has 0 radical (unpaired) electrons.